The highest BCUT2D eigenvalue weighted by Gasteiger charge is 2.37. The third kappa shape index (κ3) is 3.13. The average Bonchev–Trinajstić information content (AvgIpc) is 3.29. The van der Waals surface area contributed by atoms with E-state index in [1.807, 2.05) is 12.1 Å². The van der Waals surface area contributed by atoms with Gasteiger partial charge in [0.25, 0.3) is 0 Å². The second-order valence-electron chi connectivity index (χ2n) is 11.7. The second-order valence-corrected chi connectivity index (χ2v) is 11.7. The van der Waals surface area contributed by atoms with E-state index in [-0.39, 0.29) is 10.8 Å². The molecule has 0 bridgehead atoms. The summed E-state index contributed by atoms with van der Waals surface area (Å²) in [5, 5.41) is 0. The number of benzene rings is 5. The van der Waals surface area contributed by atoms with E-state index >= 15 is 0 Å². The van der Waals surface area contributed by atoms with E-state index in [0.717, 1.165) is 22.7 Å². The summed E-state index contributed by atoms with van der Waals surface area (Å²) in [4.78, 5) is 2.36. The Kier molecular flexibility index (Phi) is 4.72. The van der Waals surface area contributed by atoms with Crippen LogP contribution >= 0.6 is 0 Å². The molecule has 2 heteroatoms. The molecule has 7 rings (SSSR count). The van der Waals surface area contributed by atoms with Crippen LogP contribution in [0.25, 0.3) is 22.3 Å². The minimum atomic E-state index is -0.0646. The Balaban J connectivity index is 1.43. The number of nitrogens with zero attached hydrogens (tertiary/aromatic N) is 1. The van der Waals surface area contributed by atoms with Gasteiger partial charge in [-0.15, -0.1) is 0 Å². The van der Waals surface area contributed by atoms with E-state index < -0.39 is 0 Å². The van der Waals surface area contributed by atoms with Crippen molar-refractivity contribution in [1.82, 2.24) is 0 Å². The van der Waals surface area contributed by atoms with E-state index in [2.05, 4.69) is 130 Å². The summed E-state index contributed by atoms with van der Waals surface area (Å²) in [5.74, 6) is 0. The SMILES string of the molecule is CC1(C)c2ccccc2-c2ccc(N(c3cccc(N)c3)c3ccc4c(c3)C(C)(C)c3ccccc3-4)cc21. The lowest BCUT2D eigenvalue weighted by molar-refractivity contribution is 0.660. The monoisotopic (exact) mass is 492 g/mol. The summed E-state index contributed by atoms with van der Waals surface area (Å²) in [6, 6.07) is 39.7. The van der Waals surface area contributed by atoms with E-state index in [4.69, 9.17) is 5.73 Å². The van der Waals surface area contributed by atoms with E-state index in [1.165, 1.54) is 44.5 Å². The van der Waals surface area contributed by atoms with Gasteiger partial charge < -0.3 is 10.6 Å². The van der Waals surface area contributed by atoms with Crippen LogP contribution in [0.2, 0.25) is 0 Å². The normalized spacial score (nSPS) is 15.4. The van der Waals surface area contributed by atoms with Gasteiger partial charge in [0.2, 0.25) is 0 Å². The van der Waals surface area contributed by atoms with Crippen molar-refractivity contribution < 1.29 is 0 Å². The van der Waals surface area contributed by atoms with Crippen LogP contribution in [0.5, 0.6) is 0 Å². The maximum absolute atomic E-state index is 6.31. The quantitative estimate of drug-likeness (QED) is 0.254. The third-order valence-electron chi connectivity index (χ3n) is 8.78. The van der Waals surface area contributed by atoms with Gasteiger partial charge in [-0.05, 0) is 87.0 Å². The van der Waals surface area contributed by atoms with Crippen LogP contribution in [0.1, 0.15) is 49.9 Å². The molecule has 2 N–H and O–H groups in total. The first kappa shape index (κ1) is 22.9. The molecule has 0 amide bonds. The molecule has 2 aliphatic carbocycles. The van der Waals surface area contributed by atoms with Crippen molar-refractivity contribution in [2.75, 3.05) is 10.6 Å². The third-order valence-corrected chi connectivity index (χ3v) is 8.78. The van der Waals surface area contributed by atoms with Crippen LogP contribution in [0.4, 0.5) is 22.7 Å². The van der Waals surface area contributed by atoms with Crippen molar-refractivity contribution in [3.05, 3.63) is 131 Å². The Hall–Kier alpha value is -4.30. The second kappa shape index (κ2) is 7.85. The predicted molar refractivity (Wildman–Crippen MR) is 161 cm³/mol. The van der Waals surface area contributed by atoms with Gasteiger partial charge in [0, 0.05) is 33.6 Å². The minimum absolute atomic E-state index is 0.0646. The zero-order valence-electron chi connectivity index (χ0n) is 22.4. The number of hydrogen-bond acceptors (Lipinski definition) is 2. The fourth-order valence-electron chi connectivity index (χ4n) is 6.77. The Morgan fingerprint density at radius 1 is 0.447 bits per heavy atom. The number of anilines is 4. The first-order valence-electron chi connectivity index (χ1n) is 13.4. The number of rotatable bonds is 3. The molecular weight excluding hydrogens is 460 g/mol. The minimum Gasteiger partial charge on any atom is -0.399 e. The van der Waals surface area contributed by atoms with Gasteiger partial charge in [-0.2, -0.15) is 0 Å². The molecule has 0 unspecified atom stereocenters. The van der Waals surface area contributed by atoms with Crippen LogP contribution in [-0.4, -0.2) is 0 Å². The molecule has 0 saturated carbocycles. The molecule has 5 aromatic carbocycles. The van der Waals surface area contributed by atoms with Crippen LogP contribution in [-0.2, 0) is 10.8 Å². The maximum Gasteiger partial charge on any atom is 0.0482 e. The largest absolute Gasteiger partial charge is 0.399 e. The summed E-state index contributed by atoms with van der Waals surface area (Å²) in [5.41, 5.74) is 21.1. The molecule has 186 valence electrons. The average molecular weight is 493 g/mol. The lowest BCUT2D eigenvalue weighted by atomic mass is 9.82. The van der Waals surface area contributed by atoms with Crippen molar-refractivity contribution in [3.8, 4) is 22.3 Å². The number of fused-ring (bicyclic) bond motifs is 6. The van der Waals surface area contributed by atoms with Gasteiger partial charge in [0.15, 0.2) is 0 Å². The van der Waals surface area contributed by atoms with E-state index in [0.29, 0.717) is 0 Å². The molecule has 0 fully saturated rings. The Labute approximate surface area is 225 Å². The summed E-state index contributed by atoms with van der Waals surface area (Å²) in [6.45, 7) is 9.34. The first-order valence-corrected chi connectivity index (χ1v) is 13.4. The van der Waals surface area contributed by atoms with Gasteiger partial charge in [0.05, 0.1) is 0 Å². The zero-order valence-corrected chi connectivity index (χ0v) is 22.4. The topological polar surface area (TPSA) is 29.3 Å². The Bertz CT molecular complexity index is 1630. The van der Waals surface area contributed by atoms with Gasteiger partial charge in [-0.1, -0.05) is 94.4 Å². The van der Waals surface area contributed by atoms with Crippen LogP contribution < -0.4 is 10.6 Å². The molecule has 0 aliphatic heterocycles. The molecule has 0 spiro atoms. The van der Waals surface area contributed by atoms with Crippen LogP contribution in [0.3, 0.4) is 0 Å². The molecule has 0 radical (unpaired) electrons. The highest BCUT2D eigenvalue weighted by molar-refractivity contribution is 5.88. The highest BCUT2D eigenvalue weighted by Crippen LogP contribution is 2.52. The lowest BCUT2D eigenvalue weighted by Gasteiger charge is -2.30. The summed E-state index contributed by atoms with van der Waals surface area (Å²) < 4.78 is 0. The van der Waals surface area contributed by atoms with E-state index in [9.17, 15) is 0 Å². The molecular formula is C36H32N2. The molecule has 2 nitrogen and oxygen atoms in total. The number of nitrogen functional groups attached to an aromatic ring is 1. The number of nitrogens with two attached hydrogens (primary N) is 1. The first-order chi connectivity index (χ1) is 18.3. The van der Waals surface area contributed by atoms with Crippen molar-refractivity contribution in [3.63, 3.8) is 0 Å². The summed E-state index contributed by atoms with van der Waals surface area (Å²) in [7, 11) is 0. The van der Waals surface area contributed by atoms with Crippen LogP contribution in [0, 0.1) is 0 Å². The van der Waals surface area contributed by atoms with Crippen molar-refractivity contribution >= 4 is 22.7 Å². The van der Waals surface area contributed by atoms with Crippen molar-refractivity contribution in [1.29, 1.82) is 0 Å². The molecule has 0 aromatic heterocycles. The van der Waals surface area contributed by atoms with Gasteiger partial charge in [-0.3, -0.25) is 0 Å². The summed E-state index contributed by atoms with van der Waals surface area (Å²) in [6.07, 6.45) is 0. The smallest absolute Gasteiger partial charge is 0.0482 e. The summed E-state index contributed by atoms with van der Waals surface area (Å²) >= 11 is 0. The van der Waals surface area contributed by atoms with Gasteiger partial charge in [0.1, 0.15) is 0 Å². The zero-order chi connectivity index (χ0) is 26.2. The predicted octanol–water partition coefficient (Wildman–Crippen LogP) is 9.35. The molecule has 0 heterocycles. The molecule has 2 aliphatic rings. The fourth-order valence-corrected chi connectivity index (χ4v) is 6.77. The standard InChI is InChI=1S/C36H32N2/c1-35(2)31-14-7-5-12-27(31)29-18-16-25(21-33(29)35)38(24-11-9-10-23(37)20-24)26-17-19-30-28-13-6-8-15-32(28)36(3,4)34(30)22-26/h5-22H,37H2,1-4H3. The number of hydrogen-bond donors (Lipinski definition) is 1. The highest BCUT2D eigenvalue weighted by atomic mass is 15.1. The van der Waals surface area contributed by atoms with Crippen LogP contribution in [0.15, 0.2) is 109 Å². The van der Waals surface area contributed by atoms with Gasteiger partial charge >= 0.3 is 0 Å². The maximum atomic E-state index is 6.31. The molecule has 5 aromatic rings. The molecule has 38 heavy (non-hydrogen) atoms. The Morgan fingerprint density at radius 2 is 0.895 bits per heavy atom. The Morgan fingerprint density at radius 3 is 1.39 bits per heavy atom. The lowest BCUT2D eigenvalue weighted by Crippen LogP contribution is -2.18. The fraction of sp³-hybridized carbons (Fsp3) is 0.167. The molecule has 0 saturated heterocycles. The molecule has 0 atom stereocenters. The van der Waals surface area contributed by atoms with Crippen molar-refractivity contribution in [2.24, 2.45) is 0 Å². The van der Waals surface area contributed by atoms with Gasteiger partial charge in [-0.25, -0.2) is 0 Å². The van der Waals surface area contributed by atoms with Crippen molar-refractivity contribution in [2.45, 2.75) is 38.5 Å². The van der Waals surface area contributed by atoms with E-state index in [1.54, 1.807) is 0 Å².